The van der Waals surface area contributed by atoms with Crippen molar-refractivity contribution in [2.45, 2.75) is 109 Å². The van der Waals surface area contributed by atoms with E-state index >= 15 is 0 Å². The molecule has 0 radical (unpaired) electrons. The lowest BCUT2D eigenvalue weighted by molar-refractivity contribution is -0.223. The van der Waals surface area contributed by atoms with Crippen molar-refractivity contribution in [3.8, 4) is 12.3 Å². The normalized spacial score (nSPS) is 37.3. The number of aliphatic hydroxyl groups excluding tert-OH is 3. The largest absolute Gasteiger partial charge is 0.447 e. The van der Waals surface area contributed by atoms with Gasteiger partial charge in [0.15, 0.2) is 0 Å². The second-order valence-corrected chi connectivity index (χ2v) is 14.8. The quantitative estimate of drug-likeness (QED) is 0.0347. The fourth-order valence-corrected chi connectivity index (χ4v) is 10.1. The number of terminal acetylenes is 1. The fourth-order valence-electron chi connectivity index (χ4n) is 10.1. The highest BCUT2D eigenvalue weighted by molar-refractivity contribution is 5.88. The van der Waals surface area contributed by atoms with Crippen LogP contribution in [0.1, 0.15) is 85.0 Å². The van der Waals surface area contributed by atoms with Gasteiger partial charge in [-0.15, -0.1) is 12.3 Å². The van der Waals surface area contributed by atoms with E-state index < -0.39 is 24.5 Å². The maximum atomic E-state index is 12.6. The van der Waals surface area contributed by atoms with Crippen LogP contribution in [0.4, 0.5) is 4.79 Å². The number of nitrogens with one attached hydrogen (secondary N) is 2. The Bertz CT molecular complexity index is 1200. The summed E-state index contributed by atoms with van der Waals surface area (Å²) in [4.78, 5) is 27.3. The topological polar surface area (TPSA) is 186 Å². The van der Waals surface area contributed by atoms with E-state index in [9.17, 15) is 24.9 Å². The third-order valence-electron chi connectivity index (χ3n) is 12.3. The number of carbonyl (C=O) groups is 2. The smallest absolute Gasteiger partial charge is 0.408 e. The summed E-state index contributed by atoms with van der Waals surface area (Å²) < 4.78 is 10.2. The van der Waals surface area contributed by atoms with Crippen molar-refractivity contribution in [1.82, 2.24) is 10.6 Å². The number of amides is 2. The van der Waals surface area contributed by atoms with Crippen molar-refractivity contribution in [3.63, 3.8) is 0 Å². The van der Waals surface area contributed by atoms with Crippen LogP contribution in [0.15, 0.2) is 17.3 Å². The van der Waals surface area contributed by atoms with Crippen LogP contribution in [-0.4, -0.2) is 78.2 Å². The first-order valence-electron chi connectivity index (χ1n) is 17.4. The molecule has 0 aromatic carbocycles. The molecule has 0 spiro atoms. The molecule has 0 bridgehead atoms. The number of hydrogen-bond acceptors (Lipinski definition) is 8. The standard InChI is InChI=1S/C35H55N5O7/c1-5-8-28(39-33(45)47-20-19-46-18-17-37-40-36)38-29(42)10-7-6-9-22(2)24-11-12-25-30-26(14-16-34(24,25)3)35(4)15-13-23(41)21-27(35)31(43)32(30)44/h1,7,10,22-28,30-32,41,43-44H,6,8-9,11-21H2,2-4H3,(H,38,42)(H,39,45)/b10-7+. The second kappa shape index (κ2) is 16.5. The van der Waals surface area contributed by atoms with E-state index in [-0.39, 0.29) is 67.5 Å². The van der Waals surface area contributed by atoms with Crippen molar-refractivity contribution in [3.05, 3.63) is 22.6 Å². The molecule has 0 heterocycles. The first-order valence-corrected chi connectivity index (χ1v) is 17.4. The lowest BCUT2D eigenvalue weighted by Crippen LogP contribution is -2.64. The Labute approximate surface area is 279 Å². The van der Waals surface area contributed by atoms with E-state index in [4.69, 9.17) is 21.4 Å². The molecular weight excluding hydrogens is 602 g/mol. The molecule has 4 aliphatic carbocycles. The Hall–Kier alpha value is -2.81. The monoisotopic (exact) mass is 657 g/mol. The molecule has 4 saturated carbocycles. The number of allylic oxidation sites excluding steroid dienone is 1. The van der Waals surface area contributed by atoms with Crippen molar-refractivity contribution in [2.75, 3.05) is 26.4 Å². The number of aliphatic hydroxyl groups is 3. The molecule has 0 aromatic heterocycles. The Kier molecular flexibility index (Phi) is 13.0. The number of hydrogen-bond donors (Lipinski definition) is 5. The molecule has 262 valence electrons. The number of nitrogens with zero attached hydrogens (tertiary/aromatic N) is 3. The number of ether oxygens (including phenoxy) is 2. The lowest BCUT2D eigenvalue weighted by Gasteiger charge is -2.63. The van der Waals surface area contributed by atoms with Crippen molar-refractivity contribution in [2.24, 2.45) is 51.5 Å². The first kappa shape index (κ1) is 37.0. The second-order valence-electron chi connectivity index (χ2n) is 14.8. The summed E-state index contributed by atoms with van der Waals surface area (Å²) in [5.74, 6) is 3.80. The third kappa shape index (κ3) is 8.44. The van der Waals surface area contributed by atoms with Crippen LogP contribution < -0.4 is 10.6 Å². The summed E-state index contributed by atoms with van der Waals surface area (Å²) in [6.45, 7) is 7.56. The molecule has 5 N–H and O–H groups in total. The molecule has 0 saturated heterocycles. The highest BCUT2D eigenvalue weighted by Crippen LogP contribution is 2.68. The number of rotatable bonds is 14. The Morgan fingerprint density at radius 2 is 1.79 bits per heavy atom. The summed E-state index contributed by atoms with van der Waals surface area (Å²) in [7, 11) is 0. The van der Waals surface area contributed by atoms with Gasteiger partial charge in [0.25, 0.3) is 0 Å². The van der Waals surface area contributed by atoms with Gasteiger partial charge in [-0.25, -0.2) is 4.79 Å². The maximum Gasteiger partial charge on any atom is 0.408 e. The van der Waals surface area contributed by atoms with Crippen LogP contribution >= 0.6 is 0 Å². The molecule has 0 aliphatic heterocycles. The first-order chi connectivity index (χ1) is 22.5. The van der Waals surface area contributed by atoms with E-state index in [1.165, 1.54) is 6.08 Å². The molecule has 12 unspecified atom stereocenters. The zero-order valence-electron chi connectivity index (χ0n) is 28.2. The van der Waals surface area contributed by atoms with Gasteiger partial charge in [-0.3, -0.25) is 4.79 Å². The van der Waals surface area contributed by atoms with Gasteiger partial charge in [0, 0.05) is 17.9 Å². The van der Waals surface area contributed by atoms with E-state index in [1.54, 1.807) is 0 Å². The van der Waals surface area contributed by atoms with Crippen LogP contribution in [0.5, 0.6) is 0 Å². The number of alkyl carbamates (subject to hydrolysis) is 1. The van der Waals surface area contributed by atoms with Crippen molar-refractivity contribution in [1.29, 1.82) is 0 Å². The minimum atomic E-state index is -0.787. The van der Waals surface area contributed by atoms with E-state index in [2.05, 4.69) is 47.4 Å². The minimum Gasteiger partial charge on any atom is -0.447 e. The summed E-state index contributed by atoms with van der Waals surface area (Å²) in [6.07, 6.45) is 13.7. The van der Waals surface area contributed by atoms with Crippen LogP contribution in [0.3, 0.4) is 0 Å². The molecule has 47 heavy (non-hydrogen) atoms. The number of fused-ring (bicyclic) bond motifs is 5. The van der Waals surface area contributed by atoms with Gasteiger partial charge < -0.3 is 35.4 Å². The average Bonchev–Trinajstić information content (AvgIpc) is 3.39. The zero-order chi connectivity index (χ0) is 34.2. The van der Waals surface area contributed by atoms with Gasteiger partial charge in [0.05, 0.1) is 31.5 Å². The lowest BCUT2D eigenvalue weighted by atomic mass is 9.43. The predicted molar refractivity (Wildman–Crippen MR) is 176 cm³/mol. The predicted octanol–water partition coefficient (Wildman–Crippen LogP) is 4.44. The molecule has 4 fully saturated rings. The number of azide groups is 1. The van der Waals surface area contributed by atoms with E-state index in [0.717, 1.165) is 51.4 Å². The van der Waals surface area contributed by atoms with Gasteiger partial charge in [0.2, 0.25) is 5.91 Å². The number of carbonyl (C=O) groups excluding carboxylic acids is 2. The van der Waals surface area contributed by atoms with E-state index in [0.29, 0.717) is 30.1 Å². The van der Waals surface area contributed by atoms with E-state index in [1.807, 2.05) is 6.08 Å². The minimum absolute atomic E-state index is 0.00762. The molecule has 0 aromatic rings. The average molecular weight is 658 g/mol. The summed E-state index contributed by atoms with van der Waals surface area (Å²) >= 11 is 0. The molecule has 12 nitrogen and oxygen atoms in total. The molecule has 12 atom stereocenters. The molecule has 4 rings (SSSR count). The van der Waals surface area contributed by atoms with Gasteiger partial charge in [-0.05, 0) is 116 Å². The van der Waals surface area contributed by atoms with Crippen LogP contribution in [0.25, 0.3) is 10.4 Å². The summed E-state index contributed by atoms with van der Waals surface area (Å²) in [6, 6.07) is 0. The van der Waals surface area contributed by atoms with Crippen molar-refractivity contribution < 1.29 is 34.4 Å². The van der Waals surface area contributed by atoms with Gasteiger partial charge >= 0.3 is 6.09 Å². The summed E-state index contributed by atoms with van der Waals surface area (Å²) in [5.41, 5.74) is 8.29. The Morgan fingerprint density at radius 3 is 2.53 bits per heavy atom. The maximum absolute atomic E-state index is 12.6. The van der Waals surface area contributed by atoms with Crippen LogP contribution in [0, 0.1) is 58.7 Å². The Morgan fingerprint density at radius 1 is 1.04 bits per heavy atom. The van der Waals surface area contributed by atoms with Gasteiger partial charge in [-0.2, -0.15) is 0 Å². The zero-order valence-corrected chi connectivity index (χ0v) is 28.2. The highest BCUT2D eigenvalue weighted by Gasteiger charge is 2.65. The molecular formula is C35H55N5O7. The third-order valence-corrected chi connectivity index (χ3v) is 12.3. The van der Waals surface area contributed by atoms with Gasteiger partial charge in [0.1, 0.15) is 12.8 Å². The highest BCUT2D eigenvalue weighted by atomic mass is 16.6. The van der Waals surface area contributed by atoms with Crippen LogP contribution in [-0.2, 0) is 14.3 Å². The van der Waals surface area contributed by atoms with Crippen molar-refractivity contribution >= 4 is 12.0 Å². The molecule has 4 aliphatic rings. The summed E-state index contributed by atoms with van der Waals surface area (Å²) in [5, 5.41) is 41.8. The molecule has 2 amide bonds. The SMILES string of the molecule is C#CCC(NC(=O)/C=C/CCC(C)C1CCC2C3C(O)C(O)C4CC(O)CCC4(C)C3CCC12C)NC(=O)OCCOCCN=[N+]=[N-]. The van der Waals surface area contributed by atoms with Gasteiger partial charge in [-0.1, -0.05) is 32.0 Å². The fraction of sp³-hybridized carbons (Fsp3) is 0.829. The van der Waals surface area contributed by atoms with Crippen LogP contribution in [0.2, 0.25) is 0 Å². The Balaban J connectivity index is 1.24. The molecule has 12 heteroatoms.